The molecule has 8 heteroatoms. The van der Waals surface area contributed by atoms with Crippen LogP contribution in [0.1, 0.15) is 44.2 Å². The zero-order chi connectivity index (χ0) is 22.0. The average molecular weight is 441 g/mol. The van der Waals surface area contributed by atoms with E-state index in [-0.39, 0.29) is 11.8 Å². The van der Waals surface area contributed by atoms with Gasteiger partial charge in [0.25, 0.3) is 5.89 Å². The average Bonchev–Trinajstić information content (AvgIpc) is 3.24. The zero-order valence-corrected chi connectivity index (χ0v) is 18.0. The number of nitrogens with one attached hydrogen (secondary N) is 1. The van der Waals surface area contributed by atoms with Gasteiger partial charge in [-0.05, 0) is 55.3 Å². The third-order valence-corrected chi connectivity index (χ3v) is 5.55. The summed E-state index contributed by atoms with van der Waals surface area (Å²) >= 11 is 5.97. The summed E-state index contributed by atoms with van der Waals surface area (Å²) in [6, 6.07) is 12.4. The molecule has 31 heavy (non-hydrogen) atoms. The quantitative estimate of drug-likeness (QED) is 0.523. The van der Waals surface area contributed by atoms with Crippen LogP contribution in [0, 0.1) is 5.82 Å². The maximum Gasteiger partial charge on any atom is 0.322 e. The van der Waals surface area contributed by atoms with Gasteiger partial charge in [-0.3, -0.25) is 4.90 Å². The lowest BCUT2D eigenvalue weighted by Gasteiger charge is -2.35. The van der Waals surface area contributed by atoms with Crippen LogP contribution in [0.3, 0.4) is 0 Å². The summed E-state index contributed by atoms with van der Waals surface area (Å²) < 4.78 is 19.1. The van der Waals surface area contributed by atoms with Crippen LogP contribution >= 0.6 is 11.6 Å². The second-order valence-electron chi connectivity index (χ2n) is 7.37. The van der Waals surface area contributed by atoms with Crippen LogP contribution in [0.15, 0.2) is 58.8 Å². The van der Waals surface area contributed by atoms with Crippen molar-refractivity contribution in [3.8, 4) is 11.4 Å². The second kappa shape index (κ2) is 8.89. The summed E-state index contributed by atoms with van der Waals surface area (Å²) in [6.07, 6.45) is 1.81. The Morgan fingerprint density at radius 2 is 1.87 bits per heavy atom. The van der Waals surface area contributed by atoms with Gasteiger partial charge < -0.3 is 9.84 Å². The Balaban J connectivity index is 1.78. The highest BCUT2D eigenvalue weighted by atomic mass is 35.5. The van der Waals surface area contributed by atoms with Crippen molar-refractivity contribution in [2.75, 3.05) is 6.54 Å². The van der Waals surface area contributed by atoms with Crippen molar-refractivity contribution in [2.45, 2.75) is 32.7 Å². The Kier molecular flexibility index (Phi) is 6.04. The molecule has 1 aliphatic heterocycles. The first-order valence-electron chi connectivity index (χ1n) is 10.1. The maximum atomic E-state index is 13.5. The van der Waals surface area contributed by atoms with Gasteiger partial charge in [-0.1, -0.05) is 42.2 Å². The summed E-state index contributed by atoms with van der Waals surface area (Å²) in [5.41, 5.74) is 2.91. The largest absolute Gasteiger partial charge is 0.334 e. The lowest BCUT2D eigenvalue weighted by Crippen LogP contribution is -2.46. The Morgan fingerprint density at radius 1 is 1.16 bits per heavy atom. The van der Waals surface area contributed by atoms with Crippen LogP contribution < -0.4 is 5.32 Å². The molecule has 6 nitrogen and oxygen atoms in total. The predicted molar refractivity (Wildman–Crippen MR) is 117 cm³/mol. The number of rotatable bonds is 6. The van der Waals surface area contributed by atoms with Crippen molar-refractivity contribution in [3.05, 3.63) is 76.5 Å². The van der Waals surface area contributed by atoms with Crippen LogP contribution in [0.2, 0.25) is 5.02 Å². The molecule has 0 saturated carbocycles. The van der Waals surface area contributed by atoms with Gasteiger partial charge in [0.15, 0.2) is 0 Å². The number of benzene rings is 2. The van der Waals surface area contributed by atoms with Gasteiger partial charge in [-0.2, -0.15) is 4.98 Å². The van der Waals surface area contributed by atoms with Gasteiger partial charge >= 0.3 is 6.03 Å². The van der Waals surface area contributed by atoms with E-state index in [1.165, 1.54) is 12.1 Å². The first kappa shape index (κ1) is 21.1. The number of hydrogen-bond acceptors (Lipinski definition) is 4. The number of carbonyl (C=O) groups is 1. The molecular formula is C23H22ClFN4O2. The number of urea groups is 1. The third-order valence-electron chi connectivity index (χ3n) is 5.29. The van der Waals surface area contributed by atoms with Crippen LogP contribution in [0.4, 0.5) is 9.18 Å². The van der Waals surface area contributed by atoms with Crippen LogP contribution in [0.25, 0.3) is 17.0 Å². The number of allylic oxidation sites excluding steroid dienone is 1. The van der Waals surface area contributed by atoms with Crippen molar-refractivity contribution < 1.29 is 13.7 Å². The standard InChI is InChI=1S/C23H22ClFN4O2/c1-3-4-13-29-14(2)19(20(26-23(29)30)15-7-11-18(25)12-8-15)22-27-21(28-31-22)16-5-9-17(24)10-6-16/h5-12,20H,3-4,13H2,1-2H3,(H,26,30). The van der Waals surface area contributed by atoms with E-state index in [2.05, 4.69) is 22.4 Å². The highest BCUT2D eigenvalue weighted by molar-refractivity contribution is 6.30. The van der Waals surface area contributed by atoms with Gasteiger partial charge in [-0.25, -0.2) is 9.18 Å². The van der Waals surface area contributed by atoms with Crippen LogP contribution in [0.5, 0.6) is 0 Å². The zero-order valence-electron chi connectivity index (χ0n) is 17.2. The van der Waals surface area contributed by atoms with Gasteiger partial charge in [0.05, 0.1) is 11.6 Å². The molecule has 0 aliphatic carbocycles. The van der Waals surface area contributed by atoms with E-state index in [0.29, 0.717) is 28.9 Å². The monoisotopic (exact) mass is 440 g/mol. The lowest BCUT2D eigenvalue weighted by atomic mass is 9.94. The molecule has 2 heterocycles. The number of carbonyl (C=O) groups excluding carboxylic acids is 1. The minimum atomic E-state index is -0.538. The number of hydrogen-bond donors (Lipinski definition) is 1. The van der Waals surface area contributed by atoms with Gasteiger partial charge in [0, 0.05) is 22.8 Å². The van der Waals surface area contributed by atoms with E-state index in [4.69, 9.17) is 16.1 Å². The molecule has 4 rings (SSSR count). The van der Waals surface area contributed by atoms with Crippen LogP contribution in [-0.2, 0) is 0 Å². The molecule has 1 aromatic heterocycles. The topological polar surface area (TPSA) is 71.3 Å². The smallest absolute Gasteiger partial charge is 0.322 e. The molecule has 0 saturated heterocycles. The molecular weight excluding hydrogens is 419 g/mol. The van der Waals surface area contributed by atoms with E-state index in [9.17, 15) is 9.18 Å². The minimum Gasteiger partial charge on any atom is -0.334 e. The minimum absolute atomic E-state index is 0.207. The fraction of sp³-hybridized carbons (Fsp3) is 0.261. The first-order valence-corrected chi connectivity index (χ1v) is 10.5. The van der Waals surface area contributed by atoms with Crippen molar-refractivity contribution in [3.63, 3.8) is 0 Å². The van der Waals surface area contributed by atoms with E-state index in [1.807, 2.05) is 19.1 Å². The van der Waals surface area contributed by atoms with E-state index < -0.39 is 6.04 Å². The Labute approximate surface area is 184 Å². The molecule has 3 aromatic rings. The number of halogens is 2. The molecule has 1 aliphatic rings. The van der Waals surface area contributed by atoms with Crippen molar-refractivity contribution in [2.24, 2.45) is 0 Å². The van der Waals surface area contributed by atoms with Crippen molar-refractivity contribution in [1.82, 2.24) is 20.4 Å². The fourth-order valence-corrected chi connectivity index (χ4v) is 3.72. The summed E-state index contributed by atoms with van der Waals surface area (Å²) in [5, 5.41) is 7.74. The SMILES string of the molecule is CCCCN1C(=O)NC(c2ccc(F)cc2)C(c2nc(-c3ccc(Cl)cc3)no2)=C1C. The third kappa shape index (κ3) is 4.32. The van der Waals surface area contributed by atoms with Crippen LogP contribution in [-0.4, -0.2) is 27.6 Å². The van der Waals surface area contributed by atoms with Gasteiger partial charge in [-0.15, -0.1) is 0 Å². The molecule has 160 valence electrons. The van der Waals surface area contributed by atoms with E-state index >= 15 is 0 Å². The van der Waals surface area contributed by atoms with Gasteiger partial charge in [0.1, 0.15) is 5.82 Å². The highest BCUT2D eigenvalue weighted by Crippen LogP contribution is 2.37. The molecule has 1 unspecified atom stereocenters. The second-order valence-corrected chi connectivity index (χ2v) is 7.80. The van der Waals surface area contributed by atoms with Crippen molar-refractivity contribution in [1.29, 1.82) is 0 Å². The molecule has 0 fully saturated rings. The molecule has 1 atom stereocenters. The first-order chi connectivity index (χ1) is 15.0. The molecule has 0 bridgehead atoms. The Bertz CT molecular complexity index is 1110. The van der Waals surface area contributed by atoms with E-state index in [1.54, 1.807) is 29.2 Å². The van der Waals surface area contributed by atoms with Crippen molar-refractivity contribution >= 4 is 23.2 Å². The number of nitrogens with zero attached hydrogens (tertiary/aromatic N) is 3. The summed E-state index contributed by atoms with van der Waals surface area (Å²) in [5.74, 6) is 0.376. The summed E-state index contributed by atoms with van der Waals surface area (Å²) in [7, 11) is 0. The highest BCUT2D eigenvalue weighted by Gasteiger charge is 2.35. The lowest BCUT2D eigenvalue weighted by molar-refractivity contribution is 0.204. The maximum absolute atomic E-state index is 13.5. The molecule has 0 radical (unpaired) electrons. The number of amides is 2. The summed E-state index contributed by atoms with van der Waals surface area (Å²) in [6.45, 7) is 4.51. The van der Waals surface area contributed by atoms with E-state index in [0.717, 1.165) is 29.7 Å². The van der Waals surface area contributed by atoms with Gasteiger partial charge in [0.2, 0.25) is 5.82 Å². The fourth-order valence-electron chi connectivity index (χ4n) is 3.60. The Morgan fingerprint density at radius 3 is 2.55 bits per heavy atom. The molecule has 2 amide bonds. The number of aromatic nitrogens is 2. The summed E-state index contributed by atoms with van der Waals surface area (Å²) in [4.78, 5) is 19.1. The molecule has 1 N–H and O–H groups in total. The molecule has 2 aromatic carbocycles. The normalized spacial score (nSPS) is 16.6. The number of unbranched alkanes of at least 4 members (excludes halogenated alkanes) is 1. The molecule has 0 spiro atoms. The Hall–Kier alpha value is -3.19. The predicted octanol–water partition coefficient (Wildman–Crippen LogP) is 5.83.